The van der Waals surface area contributed by atoms with Crippen LogP contribution in [0.2, 0.25) is 0 Å². The topological polar surface area (TPSA) is 37.9 Å². The number of hydrogen-bond donors (Lipinski definition) is 1. The van der Waals surface area contributed by atoms with Crippen LogP contribution >= 0.6 is 0 Å². The Hall–Kier alpha value is -2.29. The summed E-state index contributed by atoms with van der Waals surface area (Å²) in [5, 5.41) is 0. The van der Waals surface area contributed by atoms with Crippen molar-refractivity contribution in [3.05, 3.63) is 48.0 Å². The number of nitrogens with zero attached hydrogens (tertiary/aromatic N) is 1. The second kappa shape index (κ2) is 5.60. The normalized spacial score (nSPS) is 11.2. The van der Waals surface area contributed by atoms with Crippen molar-refractivity contribution in [2.45, 2.75) is 33.3 Å². The number of ether oxygens (including phenoxy) is 1. The van der Waals surface area contributed by atoms with E-state index >= 15 is 0 Å². The molecule has 3 heteroatoms. The van der Waals surface area contributed by atoms with Crippen molar-refractivity contribution >= 4 is 11.0 Å². The van der Waals surface area contributed by atoms with Gasteiger partial charge in [0.1, 0.15) is 11.6 Å². The third-order valence-corrected chi connectivity index (χ3v) is 3.43. The van der Waals surface area contributed by atoms with Gasteiger partial charge in [-0.2, -0.15) is 0 Å². The van der Waals surface area contributed by atoms with Gasteiger partial charge in [0.15, 0.2) is 0 Å². The van der Waals surface area contributed by atoms with Crippen molar-refractivity contribution in [2.75, 3.05) is 0 Å². The van der Waals surface area contributed by atoms with Crippen LogP contribution in [0.15, 0.2) is 42.5 Å². The summed E-state index contributed by atoms with van der Waals surface area (Å²) in [6, 6.07) is 14.4. The molecule has 0 aliphatic heterocycles. The quantitative estimate of drug-likeness (QED) is 0.759. The van der Waals surface area contributed by atoms with E-state index in [1.54, 1.807) is 0 Å². The molecule has 1 aromatic heterocycles. The van der Waals surface area contributed by atoms with Gasteiger partial charge in [-0.25, -0.2) is 4.98 Å². The first-order valence-corrected chi connectivity index (χ1v) is 7.41. The smallest absolute Gasteiger partial charge is 0.138 e. The first-order chi connectivity index (χ1) is 10.2. The molecule has 21 heavy (non-hydrogen) atoms. The summed E-state index contributed by atoms with van der Waals surface area (Å²) in [4.78, 5) is 8.07. The fourth-order valence-electron chi connectivity index (χ4n) is 2.40. The number of imidazole rings is 1. The average Bonchev–Trinajstić information content (AvgIpc) is 2.89. The van der Waals surface area contributed by atoms with E-state index in [2.05, 4.69) is 35.1 Å². The van der Waals surface area contributed by atoms with Gasteiger partial charge >= 0.3 is 0 Å². The van der Waals surface area contributed by atoms with Crippen molar-refractivity contribution in [3.8, 4) is 17.1 Å². The number of fused-ring (bicyclic) bond motifs is 1. The van der Waals surface area contributed by atoms with Crippen LogP contribution in [0.1, 0.15) is 26.3 Å². The molecule has 0 aliphatic rings. The Labute approximate surface area is 125 Å². The number of aromatic nitrogens is 2. The van der Waals surface area contributed by atoms with E-state index in [1.807, 2.05) is 38.1 Å². The minimum atomic E-state index is 0.169. The summed E-state index contributed by atoms with van der Waals surface area (Å²) in [7, 11) is 0. The molecule has 0 aliphatic carbocycles. The molecule has 0 radical (unpaired) electrons. The first kappa shape index (κ1) is 13.7. The molecular formula is C18H20N2O. The molecule has 0 spiro atoms. The Morgan fingerprint density at radius 1 is 1.14 bits per heavy atom. The van der Waals surface area contributed by atoms with E-state index in [0.29, 0.717) is 0 Å². The molecule has 1 heterocycles. The lowest BCUT2D eigenvalue weighted by molar-refractivity contribution is 0.242. The third kappa shape index (κ3) is 2.92. The molecule has 3 nitrogen and oxygen atoms in total. The third-order valence-electron chi connectivity index (χ3n) is 3.43. The average molecular weight is 280 g/mol. The zero-order valence-electron chi connectivity index (χ0n) is 12.7. The molecular weight excluding hydrogens is 260 g/mol. The summed E-state index contributed by atoms with van der Waals surface area (Å²) in [6.07, 6.45) is 1.20. The summed E-state index contributed by atoms with van der Waals surface area (Å²) in [6.45, 7) is 6.21. The zero-order valence-corrected chi connectivity index (χ0v) is 12.7. The number of rotatable bonds is 4. The van der Waals surface area contributed by atoms with Gasteiger partial charge in [-0.3, -0.25) is 0 Å². The number of benzene rings is 2. The van der Waals surface area contributed by atoms with Gasteiger partial charge in [0.2, 0.25) is 0 Å². The first-order valence-electron chi connectivity index (χ1n) is 7.41. The Morgan fingerprint density at radius 3 is 2.76 bits per heavy atom. The van der Waals surface area contributed by atoms with Crippen LogP contribution in [0.4, 0.5) is 0 Å². The van der Waals surface area contributed by atoms with Gasteiger partial charge in [-0.05, 0) is 50.1 Å². The van der Waals surface area contributed by atoms with E-state index in [0.717, 1.165) is 34.6 Å². The summed E-state index contributed by atoms with van der Waals surface area (Å²) < 4.78 is 5.75. The Bertz CT molecular complexity index is 759. The lowest BCUT2D eigenvalue weighted by Gasteiger charge is -2.10. The predicted molar refractivity (Wildman–Crippen MR) is 86.7 cm³/mol. The number of H-pyrrole nitrogens is 1. The fraction of sp³-hybridized carbons (Fsp3) is 0.278. The second-order valence-electron chi connectivity index (χ2n) is 5.48. The Balaban J connectivity index is 1.99. The van der Waals surface area contributed by atoms with Gasteiger partial charge in [-0.15, -0.1) is 0 Å². The highest BCUT2D eigenvalue weighted by Crippen LogP contribution is 2.25. The number of aryl methyl sites for hydroxylation is 1. The molecule has 0 atom stereocenters. The standard InChI is InChI=1S/C18H20N2O/c1-4-13-8-9-16-17(10-13)20-18(19-16)14-6-5-7-15(11-14)21-12(2)3/h5-12H,4H2,1-3H3,(H,19,20). The maximum Gasteiger partial charge on any atom is 0.138 e. The number of hydrogen-bond acceptors (Lipinski definition) is 2. The van der Waals surface area contributed by atoms with Crippen molar-refractivity contribution in [3.63, 3.8) is 0 Å². The molecule has 108 valence electrons. The van der Waals surface area contributed by atoms with Crippen LogP contribution in [-0.2, 0) is 6.42 Å². The predicted octanol–water partition coefficient (Wildman–Crippen LogP) is 4.58. The van der Waals surface area contributed by atoms with E-state index in [1.165, 1.54) is 5.56 Å². The molecule has 3 rings (SSSR count). The molecule has 0 fully saturated rings. The minimum Gasteiger partial charge on any atom is -0.491 e. The molecule has 0 saturated heterocycles. The zero-order chi connectivity index (χ0) is 14.8. The minimum absolute atomic E-state index is 0.169. The molecule has 0 unspecified atom stereocenters. The van der Waals surface area contributed by atoms with Crippen LogP contribution in [0, 0.1) is 0 Å². The van der Waals surface area contributed by atoms with E-state index < -0.39 is 0 Å². The van der Waals surface area contributed by atoms with Gasteiger partial charge in [0, 0.05) is 5.56 Å². The summed E-state index contributed by atoms with van der Waals surface area (Å²) in [5.41, 5.74) is 4.44. The lowest BCUT2D eigenvalue weighted by atomic mass is 10.1. The van der Waals surface area contributed by atoms with E-state index in [4.69, 9.17) is 4.74 Å². The highest BCUT2D eigenvalue weighted by Gasteiger charge is 2.07. The fourth-order valence-corrected chi connectivity index (χ4v) is 2.40. The van der Waals surface area contributed by atoms with Gasteiger partial charge < -0.3 is 9.72 Å². The van der Waals surface area contributed by atoms with E-state index in [9.17, 15) is 0 Å². The van der Waals surface area contributed by atoms with Gasteiger partial charge in [0.05, 0.1) is 17.1 Å². The molecule has 0 bridgehead atoms. The van der Waals surface area contributed by atoms with Crippen LogP contribution < -0.4 is 4.74 Å². The van der Waals surface area contributed by atoms with Crippen molar-refractivity contribution < 1.29 is 4.74 Å². The molecule has 0 amide bonds. The lowest BCUT2D eigenvalue weighted by Crippen LogP contribution is -2.05. The number of aromatic amines is 1. The highest BCUT2D eigenvalue weighted by molar-refractivity contribution is 5.80. The Kier molecular flexibility index (Phi) is 3.65. The van der Waals surface area contributed by atoms with Gasteiger partial charge in [-0.1, -0.05) is 25.1 Å². The molecule has 3 aromatic rings. The summed E-state index contributed by atoms with van der Waals surface area (Å²) >= 11 is 0. The summed E-state index contributed by atoms with van der Waals surface area (Å²) in [5.74, 6) is 1.75. The number of nitrogens with one attached hydrogen (secondary N) is 1. The van der Waals surface area contributed by atoms with Crippen molar-refractivity contribution in [1.29, 1.82) is 0 Å². The largest absolute Gasteiger partial charge is 0.491 e. The van der Waals surface area contributed by atoms with Crippen LogP contribution in [-0.4, -0.2) is 16.1 Å². The van der Waals surface area contributed by atoms with Crippen molar-refractivity contribution in [1.82, 2.24) is 9.97 Å². The Morgan fingerprint density at radius 2 is 2.00 bits per heavy atom. The SMILES string of the molecule is CCc1ccc2nc(-c3cccc(OC(C)C)c3)[nH]c2c1. The maximum absolute atomic E-state index is 5.75. The molecule has 0 saturated carbocycles. The maximum atomic E-state index is 5.75. The monoisotopic (exact) mass is 280 g/mol. The van der Waals surface area contributed by atoms with Crippen LogP contribution in [0.25, 0.3) is 22.4 Å². The van der Waals surface area contributed by atoms with Crippen LogP contribution in [0.5, 0.6) is 5.75 Å². The highest BCUT2D eigenvalue weighted by atomic mass is 16.5. The molecule has 2 aromatic carbocycles. The van der Waals surface area contributed by atoms with E-state index in [-0.39, 0.29) is 6.10 Å². The molecule has 1 N–H and O–H groups in total. The second-order valence-corrected chi connectivity index (χ2v) is 5.48. The van der Waals surface area contributed by atoms with Gasteiger partial charge in [0.25, 0.3) is 0 Å². The van der Waals surface area contributed by atoms with Crippen molar-refractivity contribution in [2.24, 2.45) is 0 Å². The van der Waals surface area contributed by atoms with Crippen LogP contribution in [0.3, 0.4) is 0 Å².